The lowest BCUT2D eigenvalue weighted by Crippen LogP contribution is -2.42. The second-order valence-corrected chi connectivity index (χ2v) is 7.45. The Labute approximate surface area is 127 Å². The van der Waals surface area contributed by atoms with Crippen LogP contribution in [0.4, 0.5) is 0 Å². The second-order valence-electron chi connectivity index (χ2n) is 5.62. The fourth-order valence-electron chi connectivity index (χ4n) is 2.70. The molecule has 0 bridgehead atoms. The van der Waals surface area contributed by atoms with Crippen LogP contribution in [0.5, 0.6) is 0 Å². The van der Waals surface area contributed by atoms with E-state index >= 15 is 0 Å². The van der Waals surface area contributed by atoms with Crippen LogP contribution in [0.25, 0.3) is 0 Å². The molecule has 2 rings (SSSR count). The summed E-state index contributed by atoms with van der Waals surface area (Å²) >= 11 is 0. The van der Waals surface area contributed by atoms with Crippen molar-refractivity contribution < 1.29 is 8.42 Å². The van der Waals surface area contributed by atoms with Gasteiger partial charge in [-0.05, 0) is 45.6 Å². The Kier molecular flexibility index (Phi) is 5.32. The van der Waals surface area contributed by atoms with E-state index < -0.39 is 10.0 Å². The summed E-state index contributed by atoms with van der Waals surface area (Å²) in [4.78, 5) is 6.32. The summed E-state index contributed by atoms with van der Waals surface area (Å²) in [5, 5.41) is 3.16. The van der Waals surface area contributed by atoms with Crippen LogP contribution in [0.2, 0.25) is 0 Å². The van der Waals surface area contributed by atoms with E-state index in [0.717, 1.165) is 25.1 Å². The number of hydrogen-bond donors (Lipinski definition) is 1. The number of likely N-dealkylation sites (N-methyl/N-ethyl adjacent to an activating group) is 1. The van der Waals surface area contributed by atoms with E-state index in [-0.39, 0.29) is 11.1 Å². The van der Waals surface area contributed by atoms with E-state index in [0.29, 0.717) is 13.1 Å². The Morgan fingerprint density at radius 1 is 1.38 bits per heavy atom. The van der Waals surface area contributed by atoms with Crippen molar-refractivity contribution in [1.82, 2.24) is 19.5 Å². The molecule has 6 nitrogen and oxygen atoms in total. The van der Waals surface area contributed by atoms with Crippen molar-refractivity contribution in [2.45, 2.75) is 31.0 Å². The zero-order valence-electron chi connectivity index (χ0n) is 12.9. The lowest BCUT2D eigenvalue weighted by atomic mass is 10.3. The van der Waals surface area contributed by atoms with Gasteiger partial charge in [-0.1, -0.05) is 6.07 Å². The van der Waals surface area contributed by atoms with Gasteiger partial charge in [0.25, 0.3) is 10.0 Å². The van der Waals surface area contributed by atoms with Gasteiger partial charge in [0.15, 0.2) is 5.03 Å². The minimum Gasteiger partial charge on any atom is -0.316 e. The number of pyridine rings is 1. The Bertz CT molecular complexity index is 559. The largest absolute Gasteiger partial charge is 0.316 e. The van der Waals surface area contributed by atoms with E-state index in [1.165, 1.54) is 0 Å². The van der Waals surface area contributed by atoms with Gasteiger partial charge >= 0.3 is 0 Å². The molecule has 1 atom stereocenters. The first kappa shape index (κ1) is 16.4. The van der Waals surface area contributed by atoms with Crippen molar-refractivity contribution >= 4 is 10.0 Å². The smallest absolute Gasteiger partial charge is 0.260 e. The van der Waals surface area contributed by atoms with Gasteiger partial charge in [-0.3, -0.25) is 0 Å². The third-order valence-corrected chi connectivity index (χ3v) is 5.67. The fourth-order valence-corrected chi connectivity index (χ4v) is 4.28. The monoisotopic (exact) mass is 312 g/mol. The molecule has 0 amide bonds. The van der Waals surface area contributed by atoms with E-state index in [1.54, 1.807) is 16.6 Å². The first-order valence-electron chi connectivity index (χ1n) is 7.25. The van der Waals surface area contributed by atoms with Gasteiger partial charge < -0.3 is 10.2 Å². The number of nitrogens with zero attached hydrogens (tertiary/aromatic N) is 3. The Hall–Kier alpha value is -1.02. The van der Waals surface area contributed by atoms with Crippen LogP contribution in [0, 0.1) is 0 Å². The molecule has 1 aliphatic rings. The highest BCUT2D eigenvalue weighted by atomic mass is 32.2. The molecule has 21 heavy (non-hydrogen) atoms. The highest BCUT2D eigenvalue weighted by Crippen LogP contribution is 2.19. The summed E-state index contributed by atoms with van der Waals surface area (Å²) in [5.74, 6) is 0. The maximum atomic E-state index is 12.8. The van der Waals surface area contributed by atoms with Gasteiger partial charge in [0, 0.05) is 31.9 Å². The number of aromatic nitrogens is 1. The fraction of sp³-hybridized carbons (Fsp3) is 0.643. The third-order valence-electron chi connectivity index (χ3n) is 3.74. The summed E-state index contributed by atoms with van der Waals surface area (Å²) < 4.78 is 27.1. The molecular weight excluding hydrogens is 288 g/mol. The molecule has 0 aromatic carbocycles. The molecule has 1 aromatic rings. The predicted molar refractivity (Wildman–Crippen MR) is 82.5 cm³/mol. The zero-order valence-corrected chi connectivity index (χ0v) is 13.7. The molecule has 0 aliphatic carbocycles. The Morgan fingerprint density at radius 3 is 2.76 bits per heavy atom. The standard InChI is InChI=1S/C14H24N4O2S/c1-12-11-17(3)7-4-8-18(12)21(19,20)14-6-5-13(9-15-2)10-16-14/h5-6,10,12,15H,4,7-9,11H2,1-3H3. The minimum absolute atomic E-state index is 0.0405. The van der Waals surface area contributed by atoms with E-state index in [2.05, 4.69) is 15.2 Å². The summed E-state index contributed by atoms with van der Waals surface area (Å²) in [6.07, 6.45) is 2.47. The number of rotatable bonds is 4. The van der Waals surface area contributed by atoms with Gasteiger partial charge in [-0.2, -0.15) is 4.31 Å². The molecule has 1 fully saturated rings. The van der Waals surface area contributed by atoms with Gasteiger partial charge in [0.05, 0.1) is 0 Å². The normalized spacial score (nSPS) is 22.1. The highest BCUT2D eigenvalue weighted by Gasteiger charge is 2.32. The topological polar surface area (TPSA) is 65.5 Å². The second kappa shape index (κ2) is 6.83. The predicted octanol–water partition coefficient (Wildman–Crippen LogP) is 0.516. The van der Waals surface area contributed by atoms with E-state index in [9.17, 15) is 8.42 Å². The van der Waals surface area contributed by atoms with Gasteiger partial charge in [0.1, 0.15) is 0 Å². The first-order valence-corrected chi connectivity index (χ1v) is 8.69. The quantitative estimate of drug-likeness (QED) is 0.878. The Morgan fingerprint density at radius 2 is 2.14 bits per heavy atom. The van der Waals surface area contributed by atoms with Crippen molar-refractivity contribution in [3.05, 3.63) is 23.9 Å². The lowest BCUT2D eigenvalue weighted by Gasteiger charge is -2.26. The van der Waals surface area contributed by atoms with Crippen LogP contribution >= 0.6 is 0 Å². The maximum absolute atomic E-state index is 12.8. The average molecular weight is 312 g/mol. The maximum Gasteiger partial charge on any atom is 0.260 e. The van der Waals surface area contributed by atoms with Crippen LogP contribution in [-0.2, 0) is 16.6 Å². The van der Waals surface area contributed by atoms with Crippen molar-refractivity contribution in [3.8, 4) is 0 Å². The summed E-state index contributed by atoms with van der Waals surface area (Å²) in [6, 6.07) is 3.37. The van der Waals surface area contributed by atoms with Crippen molar-refractivity contribution in [1.29, 1.82) is 0 Å². The average Bonchev–Trinajstić information content (AvgIpc) is 2.60. The lowest BCUT2D eigenvalue weighted by molar-refractivity contribution is 0.290. The molecule has 1 aromatic heterocycles. The van der Waals surface area contributed by atoms with E-state index in [1.807, 2.05) is 27.1 Å². The SMILES string of the molecule is CNCc1ccc(S(=O)(=O)N2CCCN(C)CC2C)nc1. The van der Waals surface area contributed by atoms with Crippen LogP contribution in [-0.4, -0.2) is 62.4 Å². The van der Waals surface area contributed by atoms with Crippen LogP contribution in [0.15, 0.2) is 23.4 Å². The van der Waals surface area contributed by atoms with Crippen molar-refractivity contribution in [2.75, 3.05) is 33.7 Å². The molecule has 0 saturated carbocycles. The van der Waals surface area contributed by atoms with Crippen LogP contribution in [0.1, 0.15) is 18.9 Å². The highest BCUT2D eigenvalue weighted by molar-refractivity contribution is 7.89. The summed E-state index contributed by atoms with van der Waals surface area (Å²) in [6.45, 7) is 4.85. The summed E-state index contributed by atoms with van der Waals surface area (Å²) in [7, 11) is 0.358. The van der Waals surface area contributed by atoms with Crippen molar-refractivity contribution in [2.24, 2.45) is 0 Å². The molecule has 1 saturated heterocycles. The molecular formula is C14H24N4O2S. The molecule has 1 aliphatic heterocycles. The Balaban J connectivity index is 2.23. The summed E-state index contributed by atoms with van der Waals surface area (Å²) in [5.41, 5.74) is 0.972. The van der Waals surface area contributed by atoms with Crippen LogP contribution in [0.3, 0.4) is 0 Å². The number of sulfonamides is 1. The number of nitrogens with one attached hydrogen (secondary N) is 1. The third kappa shape index (κ3) is 3.79. The molecule has 0 radical (unpaired) electrons. The molecule has 0 spiro atoms. The van der Waals surface area contributed by atoms with Gasteiger partial charge in [-0.15, -0.1) is 0 Å². The molecule has 2 heterocycles. The molecule has 1 unspecified atom stereocenters. The zero-order chi connectivity index (χ0) is 15.5. The number of hydrogen-bond acceptors (Lipinski definition) is 5. The molecule has 1 N–H and O–H groups in total. The van der Waals surface area contributed by atoms with Gasteiger partial charge in [0.2, 0.25) is 0 Å². The van der Waals surface area contributed by atoms with Gasteiger partial charge in [-0.25, -0.2) is 13.4 Å². The molecule has 118 valence electrons. The van der Waals surface area contributed by atoms with Crippen molar-refractivity contribution in [3.63, 3.8) is 0 Å². The van der Waals surface area contributed by atoms with Crippen LogP contribution < -0.4 is 5.32 Å². The van der Waals surface area contributed by atoms with E-state index in [4.69, 9.17) is 0 Å². The minimum atomic E-state index is -3.51. The first-order chi connectivity index (χ1) is 9.95. The molecule has 7 heteroatoms.